The quantitative estimate of drug-likeness (QED) is 0.0961. The summed E-state index contributed by atoms with van der Waals surface area (Å²) in [5.74, 6) is 1.58. The summed E-state index contributed by atoms with van der Waals surface area (Å²) in [6, 6.07) is 85.6. The van der Waals surface area contributed by atoms with E-state index in [9.17, 15) is 0 Å². The lowest BCUT2D eigenvalue weighted by molar-refractivity contribution is 1.07. The third kappa shape index (κ3) is 9.95. The van der Waals surface area contributed by atoms with Crippen LogP contribution in [0.15, 0.2) is 305 Å². The number of hydrogen-bond donors (Lipinski definition) is 0. The maximum Gasteiger partial charge on any atom is 0.164 e. The minimum Gasteiger partial charge on any atom is -0.308 e. The molecule has 10 aromatic carbocycles. The van der Waals surface area contributed by atoms with E-state index in [2.05, 4.69) is 261 Å². The van der Waals surface area contributed by atoms with Crippen molar-refractivity contribution in [3.63, 3.8) is 0 Å². The van der Waals surface area contributed by atoms with Gasteiger partial charge in [0.1, 0.15) is 0 Å². The highest BCUT2D eigenvalue weighted by atomic mass is 15.0. The number of rotatable bonds is 15. The first kappa shape index (κ1) is 49.3. The molecule has 0 saturated heterocycles. The van der Waals surface area contributed by atoms with Crippen LogP contribution in [-0.2, 0) is 0 Å². The maximum atomic E-state index is 5.48. The van der Waals surface area contributed by atoms with Gasteiger partial charge < -0.3 is 4.57 Å². The highest BCUT2D eigenvalue weighted by molar-refractivity contribution is 6.13. The van der Waals surface area contributed by atoms with Crippen LogP contribution in [0.2, 0.25) is 0 Å². The van der Waals surface area contributed by atoms with Crippen LogP contribution in [0.5, 0.6) is 0 Å². The molecule has 4 nitrogen and oxygen atoms in total. The predicted octanol–water partition coefficient (Wildman–Crippen LogP) is 19.8. The van der Waals surface area contributed by atoms with E-state index in [1.54, 1.807) is 6.08 Å². The second-order valence-corrected chi connectivity index (χ2v) is 19.4. The number of fused-ring (bicyclic) bond motifs is 3. The zero-order valence-corrected chi connectivity index (χ0v) is 43.7. The Hall–Kier alpha value is -10.6. The first-order valence-electron chi connectivity index (χ1n) is 26.4. The maximum absolute atomic E-state index is 5.48. The highest BCUT2D eigenvalue weighted by Crippen LogP contribution is 2.45. The summed E-state index contributed by atoms with van der Waals surface area (Å²) < 4.78 is 2.43. The Morgan fingerprint density at radius 2 is 0.785 bits per heavy atom. The Kier molecular flexibility index (Phi) is 13.7. The van der Waals surface area contributed by atoms with Crippen molar-refractivity contribution >= 4 is 33.0 Å². The van der Waals surface area contributed by atoms with Crippen LogP contribution in [0.25, 0.3) is 128 Å². The molecule has 0 aliphatic heterocycles. The van der Waals surface area contributed by atoms with Crippen molar-refractivity contribution in [1.82, 2.24) is 19.5 Å². The highest BCUT2D eigenvalue weighted by Gasteiger charge is 2.24. The molecule has 79 heavy (non-hydrogen) atoms. The van der Waals surface area contributed by atoms with Crippen LogP contribution in [0, 0.1) is 0 Å². The molecule has 2 aromatic heterocycles. The fraction of sp³-hybridized carbons (Fsp3) is 0. The zero-order valence-electron chi connectivity index (χ0n) is 43.7. The van der Waals surface area contributed by atoms with Gasteiger partial charge in [-0.15, -0.1) is 0 Å². The summed E-state index contributed by atoms with van der Waals surface area (Å²) in [6.45, 7) is 17.0. The summed E-state index contributed by atoms with van der Waals surface area (Å²) in [5, 5.41) is 2.28. The van der Waals surface area contributed by atoms with Gasteiger partial charge in [-0.3, -0.25) is 0 Å². The van der Waals surface area contributed by atoms with Gasteiger partial charge in [-0.05, 0) is 121 Å². The minimum absolute atomic E-state index is 0.512. The standard InChI is InChI=1S/C75H54N4/c1-5-8-25-51(4)62-44-63(56-32-20-12-21-33-56)46-64(45-62)74-76-73(59-38-36-57(37-39-59)53-26-14-9-15-27-53)77-75(78-74)65-49-66(52(7-3)24-6-2)72(67(50-65)58-34-22-13-23-35-58)79-70-42-40-60(54-28-16-10-17-29-54)47-68(70)69-48-61(41-43-71(69)79)55-30-18-11-19-31-55/h5-50H,1-4H2/b25-8-,52-24+. The third-order valence-electron chi connectivity index (χ3n) is 14.5. The average molecular weight is 1010 g/mol. The lowest BCUT2D eigenvalue weighted by Crippen LogP contribution is -2.05. The molecular formula is C75H54N4. The summed E-state index contributed by atoms with van der Waals surface area (Å²) >= 11 is 0. The van der Waals surface area contributed by atoms with E-state index >= 15 is 0 Å². The Morgan fingerprint density at radius 1 is 0.367 bits per heavy atom. The largest absolute Gasteiger partial charge is 0.308 e. The Bertz CT molecular complexity index is 4220. The van der Waals surface area contributed by atoms with E-state index in [0.717, 1.165) is 122 Å². The molecule has 4 heteroatoms. The van der Waals surface area contributed by atoms with Crippen LogP contribution in [0.1, 0.15) is 11.1 Å². The first-order chi connectivity index (χ1) is 38.9. The normalized spacial score (nSPS) is 11.5. The summed E-state index contributed by atoms with van der Waals surface area (Å²) in [6.07, 6.45) is 11.4. The molecule has 0 saturated carbocycles. The van der Waals surface area contributed by atoms with Gasteiger partial charge in [0.25, 0.3) is 0 Å². The monoisotopic (exact) mass is 1010 g/mol. The molecule has 12 rings (SSSR count). The summed E-state index contributed by atoms with van der Waals surface area (Å²) in [7, 11) is 0. The van der Waals surface area contributed by atoms with Gasteiger partial charge in [0.2, 0.25) is 0 Å². The van der Waals surface area contributed by atoms with Crippen LogP contribution in [0.3, 0.4) is 0 Å². The molecule has 0 radical (unpaired) electrons. The van der Waals surface area contributed by atoms with Gasteiger partial charge >= 0.3 is 0 Å². The molecule has 0 aliphatic rings. The van der Waals surface area contributed by atoms with E-state index in [1.165, 1.54) is 0 Å². The second kappa shape index (κ2) is 22.0. The Morgan fingerprint density at radius 3 is 1.28 bits per heavy atom. The van der Waals surface area contributed by atoms with E-state index in [4.69, 9.17) is 15.0 Å². The first-order valence-corrected chi connectivity index (χ1v) is 26.4. The Balaban J connectivity index is 1.15. The van der Waals surface area contributed by atoms with Crippen molar-refractivity contribution in [2.45, 2.75) is 0 Å². The molecule has 0 bridgehead atoms. The molecule has 0 aliphatic carbocycles. The van der Waals surface area contributed by atoms with Gasteiger partial charge in [-0.1, -0.05) is 251 Å². The van der Waals surface area contributed by atoms with E-state index in [1.807, 2.05) is 42.5 Å². The van der Waals surface area contributed by atoms with Crippen molar-refractivity contribution in [1.29, 1.82) is 0 Å². The van der Waals surface area contributed by atoms with E-state index in [0.29, 0.717) is 17.5 Å². The average Bonchev–Trinajstić information content (AvgIpc) is 3.94. The van der Waals surface area contributed by atoms with Crippen LogP contribution < -0.4 is 0 Å². The second-order valence-electron chi connectivity index (χ2n) is 19.4. The molecule has 0 amide bonds. The number of aromatic nitrogens is 4. The molecule has 0 unspecified atom stereocenters. The lowest BCUT2D eigenvalue weighted by Gasteiger charge is -2.21. The number of hydrogen-bond acceptors (Lipinski definition) is 3. The van der Waals surface area contributed by atoms with Gasteiger partial charge in [0, 0.05) is 38.6 Å². The molecular weight excluding hydrogens is 957 g/mol. The lowest BCUT2D eigenvalue weighted by atomic mass is 9.92. The summed E-state index contributed by atoms with van der Waals surface area (Å²) in [4.78, 5) is 16.2. The topological polar surface area (TPSA) is 43.6 Å². The van der Waals surface area contributed by atoms with E-state index in [-0.39, 0.29) is 0 Å². The molecule has 2 heterocycles. The number of allylic oxidation sites excluding steroid dienone is 8. The fourth-order valence-corrected chi connectivity index (χ4v) is 10.6. The van der Waals surface area contributed by atoms with Gasteiger partial charge in [0.15, 0.2) is 17.5 Å². The van der Waals surface area contributed by atoms with Crippen molar-refractivity contribution in [2.24, 2.45) is 0 Å². The van der Waals surface area contributed by atoms with Crippen molar-refractivity contribution in [3.05, 3.63) is 317 Å². The zero-order chi connectivity index (χ0) is 53.7. The molecule has 374 valence electrons. The van der Waals surface area contributed by atoms with Crippen LogP contribution in [0.4, 0.5) is 0 Å². The van der Waals surface area contributed by atoms with Crippen molar-refractivity contribution in [2.75, 3.05) is 0 Å². The van der Waals surface area contributed by atoms with Gasteiger partial charge in [-0.25, -0.2) is 15.0 Å². The number of nitrogens with zero attached hydrogens (tertiary/aromatic N) is 4. The SMILES string of the molecule is C=C/C=C\C(=C)c1cc(-c2ccccc2)cc(-c2nc(-c3ccc(-c4ccccc4)cc3)nc(-c3cc(/C(C=C)=C/C=C)c(-n4c5ccc(-c6ccccc6)cc5c5cc(-c6ccccc6)ccc54)c(-c4ccccc4)c3)n2)c1. The van der Waals surface area contributed by atoms with Crippen molar-refractivity contribution < 1.29 is 0 Å². The summed E-state index contributed by atoms with van der Waals surface area (Å²) in [5.41, 5.74) is 20.1. The smallest absolute Gasteiger partial charge is 0.164 e. The van der Waals surface area contributed by atoms with Crippen LogP contribution >= 0.6 is 0 Å². The molecule has 0 N–H and O–H groups in total. The van der Waals surface area contributed by atoms with Crippen LogP contribution in [-0.4, -0.2) is 19.5 Å². The van der Waals surface area contributed by atoms with E-state index < -0.39 is 0 Å². The fourth-order valence-electron chi connectivity index (χ4n) is 10.6. The Labute approximate surface area is 462 Å². The minimum atomic E-state index is 0.512. The third-order valence-corrected chi connectivity index (χ3v) is 14.5. The molecule has 12 aromatic rings. The van der Waals surface area contributed by atoms with Gasteiger partial charge in [0.05, 0.1) is 16.7 Å². The molecule has 0 atom stereocenters. The van der Waals surface area contributed by atoms with Crippen molar-refractivity contribution in [3.8, 4) is 95.5 Å². The van der Waals surface area contributed by atoms with Gasteiger partial charge in [-0.2, -0.15) is 0 Å². The molecule has 0 spiro atoms. The predicted molar refractivity (Wildman–Crippen MR) is 334 cm³/mol. The number of benzene rings is 10. The molecule has 0 fully saturated rings.